The summed E-state index contributed by atoms with van der Waals surface area (Å²) in [5.41, 5.74) is 3.00. The SMILES string of the molecule is CN(Cc1cccc(OC[C@H](O)CN2CCOCC2)c1)Cc1nc2ccc(Cl)cc2[nH]1. The third-order valence-corrected chi connectivity index (χ3v) is 5.51. The fourth-order valence-electron chi connectivity index (χ4n) is 3.79. The first kappa shape index (κ1) is 22.0. The molecule has 2 N–H and O–H groups in total. The number of imidazole rings is 1. The highest BCUT2D eigenvalue weighted by Crippen LogP contribution is 2.19. The molecule has 1 aliphatic heterocycles. The van der Waals surface area contributed by atoms with Gasteiger partial charge in [0.05, 0.1) is 30.8 Å². The van der Waals surface area contributed by atoms with Crippen molar-refractivity contribution in [2.45, 2.75) is 19.2 Å². The quantitative estimate of drug-likeness (QED) is 0.528. The van der Waals surface area contributed by atoms with E-state index >= 15 is 0 Å². The zero-order valence-corrected chi connectivity index (χ0v) is 18.5. The van der Waals surface area contributed by atoms with Crippen LogP contribution < -0.4 is 4.74 Å². The van der Waals surface area contributed by atoms with Crippen molar-refractivity contribution < 1.29 is 14.6 Å². The molecular weight excluding hydrogens is 416 g/mol. The van der Waals surface area contributed by atoms with Crippen LogP contribution in [0.1, 0.15) is 11.4 Å². The Kier molecular flexibility index (Phi) is 7.42. The molecule has 7 nitrogen and oxygen atoms in total. The molecule has 0 saturated carbocycles. The molecule has 0 radical (unpaired) electrons. The molecule has 4 rings (SSSR count). The maximum Gasteiger partial charge on any atom is 0.121 e. The van der Waals surface area contributed by atoms with Crippen molar-refractivity contribution in [3.8, 4) is 5.75 Å². The Labute approximate surface area is 187 Å². The number of rotatable bonds is 9. The molecule has 0 unspecified atom stereocenters. The van der Waals surface area contributed by atoms with Gasteiger partial charge in [0.15, 0.2) is 0 Å². The minimum absolute atomic E-state index is 0.276. The van der Waals surface area contributed by atoms with Crippen molar-refractivity contribution in [1.82, 2.24) is 19.8 Å². The molecule has 1 saturated heterocycles. The van der Waals surface area contributed by atoms with Crippen molar-refractivity contribution in [3.05, 3.63) is 58.9 Å². The number of aromatic amines is 1. The molecule has 1 atom stereocenters. The predicted molar refractivity (Wildman–Crippen MR) is 121 cm³/mol. The van der Waals surface area contributed by atoms with E-state index in [0.717, 1.165) is 61.0 Å². The van der Waals surface area contributed by atoms with E-state index in [2.05, 4.69) is 32.9 Å². The first-order chi connectivity index (χ1) is 15.0. The lowest BCUT2D eigenvalue weighted by molar-refractivity contribution is 0.00464. The van der Waals surface area contributed by atoms with Crippen LogP contribution in [0.3, 0.4) is 0 Å². The highest BCUT2D eigenvalue weighted by Gasteiger charge is 2.15. The molecule has 2 aromatic carbocycles. The normalized spacial score (nSPS) is 16.1. The van der Waals surface area contributed by atoms with E-state index < -0.39 is 6.10 Å². The standard InChI is InChI=1S/C23H29ClN4O3/c1-27(15-23-25-21-6-5-18(24)12-22(21)26-23)13-17-3-2-4-20(11-17)31-16-19(29)14-28-7-9-30-10-8-28/h2-6,11-12,19,29H,7-10,13-16H2,1H3,(H,25,26)/t19-/m1/s1. The number of morpholine rings is 1. The van der Waals surface area contributed by atoms with Crippen LogP contribution in [0.5, 0.6) is 5.75 Å². The van der Waals surface area contributed by atoms with E-state index in [0.29, 0.717) is 18.1 Å². The summed E-state index contributed by atoms with van der Waals surface area (Å²) >= 11 is 6.06. The zero-order valence-electron chi connectivity index (χ0n) is 17.8. The van der Waals surface area contributed by atoms with Crippen LogP contribution in [-0.2, 0) is 17.8 Å². The van der Waals surface area contributed by atoms with E-state index in [1.54, 1.807) is 0 Å². The van der Waals surface area contributed by atoms with Crippen molar-refractivity contribution in [2.24, 2.45) is 0 Å². The van der Waals surface area contributed by atoms with Gasteiger partial charge in [0.2, 0.25) is 0 Å². The first-order valence-corrected chi connectivity index (χ1v) is 11.0. The summed E-state index contributed by atoms with van der Waals surface area (Å²) in [7, 11) is 2.06. The molecular formula is C23H29ClN4O3. The number of fused-ring (bicyclic) bond motifs is 1. The predicted octanol–water partition coefficient (Wildman–Crippen LogP) is 2.92. The van der Waals surface area contributed by atoms with Crippen LogP contribution in [0.4, 0.5) is 0 Å². The molecule has 0 amide bonds. The number of aliphatic hydroxyl groups is 1. The summed E-state index contributed by atoms with van der Waals surface area (Å²) in [6.07, 6.45) is -0.522. The molecule has 0 spiro atoms. The maximum absolute atomic E-state index is 10.3. The summed E-state index contributed by atoms with van der Waals surface area (Å²) in [5, 5.41) is 11.0. The van der Waals surface area contributed by atoms with E-state index in [4.69, 9.17) is 21.1 Å². The van der Waals surface area contributed by atoms with Crippen molar-refractivity contribution in [1.29, 1.82) is 0 Å². The number of hydrogen-bond acceptors (Lipinski definition) is 6. The number of nitrogens with zero attached hydrogens (tertiary/aromatic N) is 3. The number of ether oxygens (including phenoxy) is 2. The van der Waals surface area contributed by atoms with Crippen LogP contribution >= 0.6 is 11.6 Å². The van der Waals surface area contributed by atoms with E-state index in [1.807, 2.05) is 36.4 Å². The summed E-state index contributed by atoms with van der Waals surface area (Å²) in [6.45, 7) is 5.50. The fraction of sp³-hybridized carbons (Fsp3) is 0.435. The Balaban J connectivity index is 1.28. The summed E-state index contributed by atoms with van der Waals surface area (Å²) in [5.74, 6) is 1.67. The second-order valence-electron chi connectivity index (χ2n) is 8.04. The molecule has 1 aliphatic rings. The number of aromatic nitrogens is 2. The van der Waals surface area contributed by atoms with Gasteiger partial charge in [-0.1, -0.05) is 23.7 Å². The number of nitrogens with one attached hydrogen (secondary N) is 1. The smallest absolute Gasteiger partial charge is 0.121 e. The minimum atomic E-state index is -0.522. The topological polar surface area (TPSA) is 73.8 Å². The van der Waals surface area contributed by atoms with Gasteiger partial charge in [0.25, 0.3) is 0 Å². The molecule has 1 fully saturated rings. The summed E-state index contributed by atoms with van der Waals surface area (Å²) in [4.78, 5) is 12.3. The molecule has 0 aliphatic carbocycles. The average Bonchev–Trinajstić information content (AvgIpc) is 3.14. The van der Waals surface area contributed by atoms with Crippen LogP contribution in [-0.4, -0.2) is 77.5 Å². The van der Waals surface area contributed by atoms with E-state index in [9.17, 15) is 5.11 Å². The lowest BCUT2D eigenvalue weighted by Gasteiger charge is -2.28. The van der Waals surface area contributed by atoms with Crippen molar-refractivity contribution >= 4 is 22.6 Å². The highest BCUT2D eigenvalue weighted by atomic mass is 35.5. The number of β-amino-alcohol motifs (C(OH)–C–C–N with tert-alkyl or cyclic N) is 1. The van der Waals surface area contributed by atoms with E-state index in [1.165, 1.54) is 0 Å². The Hall–Kier alpha value is -2.16. The van der Waals surface area contributed by atoms with Crippen LogP contribution in [0.25, 0.3) is 11.0 Å². The Bertz CT molecular complexity index is 990. The highest BCUT2D eigenvalue weighted by molar-refractivity contribution is 6.31. The summed E-state index contributed by atoms with van der Waals surface area (Å²) in [6, 6.07) is 13.7. The van der Waals surface area contributed by atoms with E-state index in [-0.39, 0.29) is 6.61 Å². The van der Waals surface area contributed by atoms with Crippen LogP contribution in [0.15, 0.2) is 42.5 Å². The van der Waals surface area contributed by atoms with Gasteiger partial charge in [0, 0.05) is 31.2 Å². The van der Waals surface area contributed by atoms with Crippen molar-refractivity contribution in [2.75, 3.05) is 46.5 Å². The van der Waals surface area contributed by atoms with Crippen LogP contribution in [0.2, 0.25) is 5.02 Å². The second-order valence-corrected chi connectivity index (χ2v) is 8.48. The first-order valence-electron chi connectivity index (χ1n) is 10.6. The number of H-pyrrole nitrogens is 1. The maximum atomic E-state index is 10.3. The Morgan fingerprint density at radius 2 is 2.06 bits per heavy atom. The molecule has 3 aromatic rings. The zero-order chi connectivity index (χ0) is 21.6. The minimum Gasteiger partial charge on any atom is -0.491 e. The molecule has 1 aromatic heterocycles. The average molecular weight is 445 g/mol. The number of hydrogen-bond donors (Lipinski definition) is 2. The largest absolute Gasteiger partial charge is 0.491 e. The third kappa shape index (κ3) is 6.41. The lowest BCUT2D eigenvalue weighted by Crippen LogP contribution is -2.42. The Morgan fingerprint density at radius 1 is 1.23 bits per heavy atom. The Morgan fingerprint density at radius 3 is 2.90 bits per heavy atom. The van der Waals surface area contributed by atoms with Gasteiger partial charge in [-0.3, -0.25) is 9.80 Å². The van der Waals surface area contributed by atoms with Gasteiger partial charge in [0.1, 0.15) is 24.3 Å². The number of benzene rings is 2. The van der Waals surface area contributed by atoms with Gasteiger partial charge in [-0.25, -0.2) is 4.98 Å². The van der Waals surface area contributed by atoms with Gasteiger partial charge in [-0.05, 0) is 42.9 Å². The van der Waals surface area contributed by atoms with Gasteiger partial charge < -0.3 is 19.6 Å². The van der Waals surface area contributed by atoms with Crippen molar-refractivity contribution in [3.63, 3.8) is 0 Å². The number of halogens is 1. The van der Waals surface area contributed by atoms with Gasteiger partial charge in [-0.2, -0.15) is 0 Å². The molecule has 2 heterocycles. The third-order valence-electron chi connectivity index (χ3n) is 5.28. The number of aliphatic hydroxyl groups excluding tert-OH is 1. The second kappa shape index (κ2) is 10.4. The lowest BCUT2D eigenvalue weighted by atomic mass is 10.2. The van der Waals surface area contributed by atoms with Gasteiger partial charge >= 0.3 is 0 Å². The van der Waals surface area contributed by atoms with Crippen LogP contribution in [0, 0.1) is 0 Å². The molecule has 31 heavy (non-hydrogen) atoms. The molecule has 166 valence electrons. The monoisotopic (exact) mass is 444 g/mol. The summed E-state index contributed by atoms with van der Waals surface area (Å²) < 4.78 is 11.2. The van der Waals surface area contributed by atoms with Gasteiger partial charge in [-0.15, -0.1) is 0 Å². The molecule has 8 heteroatoms. The molecule has 0 bridgehead atoms. The fourth-order valence-corrected chi connectivity index (χ4v) is 3.97.